The molecule has 128 valence electrons. The maximum atomic E-state index is 11.8. The molecule has 1 aromatic rings. The number of likely N-dealkylation sites (N-methyl/N-ethyl adjacent to an activating group) is 1. The third-order valence-electron chi connectivity index (χ3n) is 2.83. The molecule has 0 unspecified atom stereocenters. The highest BCUT2D eigenvalue weighted by Crippen LogP contribution is 2.06. The molecule has 1 aromatic carbocycles. The highest BCUT2D eigenvalue weighted by Gasteiger charge is 2.16. The molecule has 0 aliphatic carbocycles. The Morgan fingerprint density at radius 3 is 2.43 bits per heavy atom. The Hall–Kier alpha value is -2.08. The molecule has 0 aromatic heterocycles. The average molecular weight is 322 g/mol. The molecule has 1 rings (SSSR count). The quantitative estimate of drug-likeness (QED) is 0.615. The zero-order valence-corrected chi connectivity index (χ0v) is 14.3. The molecule has 0 saturated heterocycles. The van der Waals surface area contributed by atoms with Crippen LogP contribution in [0.25, 0.3) is 0 Å². The monoisotopic (exact) mass is 322 g/mol. The smallest absolute Gasteiger partial charge is 0.409 e. The van der Waals surface area contributed by atoms with Crippen molar-refractivity contribution >= 4 is 12.1 Å². The SMILES string of the molecule is CN(CCNCC(=O)OC(C)(C)C)C(=O)OCc1ccccc1. The van der Waals surface area contributed by atoms with Gasteiger partial charge in [-0.2, -0.15) is 0 Å². The van der Waals surface area contributed by atoms with Crippen molar-refractivity contribution in [3.63, 3.8) is 0 Å². The molecule has 0 atom stereocenters. The van der Waals surface area contributed by atoms with Crippen LogP contribution in [0.4, 0.5) is 4.79 Å². The van der Waals surface area contributed by atoms with Gasteiger partial charge in [0.05, 0.1) is 6.54 Å². The lowest BCUT2D eigenvalue weighted by molar-refractivity contribution is -0.153. The van der Waals surface area contributed by atoms with E-state index in [9.17, 15) is 9.59 Å². The third-order valence-corrected chi connectivity index (χ3v) is 2.83. The summed E-state index contributed by atoms with van der Waals surface area (Å²) in [4.78, 5) is 24.8. The summed E-state index contributed by atoms with van der Waals surface area (Å²) in [7, 11) is 1.66. The second-order valence-electron chi connectivity index (χ2n) is 6.22. The molecule has 0 aliphatic rings. The Labute approximate surface area is 137 Å². The zero-order valence-electron chi connectivity index (χ0n) is 14.3. The van der Waals surface area contributed by atoms with E-state index in [-0.39, 0.29) is 19.1 Å². The highest BCUT2D eigenvalue weighted by molar-refractivity contribution is 5.72. The van der Waals surface area contributed by atoms with E-state index in [1.165, 1.54) is 4.90 Å². The van der Waals surface area contributed by atoms with Crippen LogP contribution in [-0.2, 0) is 20.9 Å². The van der Waals surface area contributed by atoms with Crippen molar-refractivity contribution in [2.75, 3.05) is 26.7 Å². The van der Waals surface area contributed by atoms with Gasteiger partial charge in [-0.15, -0.1) is 0 Å². The predicted molar refractivity (Wildman–Crippen MR) is 88.0 cm³/mol. The van der Waals surface area contributed by atoms with Crippen molar-refractivity contribution in [2.24, 2.45) is 0 Å². The second-order valence-corrected chi connectivity index (χ2v) is 6.22. The third kappa shape index (κ3) is 8.83. The van der Waals surface area contributed by atoms with Crippen LogP contribution in [-0.4, -0.2) is 49.2 Å². The second kappa shape index (κ2) is 9.15. The van der Waals surface area contributed by atoms with Crippen molar-refractivity contribution in [1.29, 1.82) is 0 Å². The van der Waals surface area contributed by atoms with Gasteiger partial charge in [0.1, 0.15) is 12.2 Å². The molecule has 0 bridgehead atoms. The fraction of sp³-hybridized carbons (Fsp3) is 0.529. The number of rotatable bonds is 7. The van der Waals surface area contributed by atoms with Crippen molar-refractivity contribution in [3.8, 4) is 0 Å². The predicted octanol–water partition coefficient (Wildman–Crippen LogP) is 2.19. The standard InChI is InChI=1S/C17H26N2O4/c1-17(2,3)23-15(20)12-18-10-11-19(4)16(21)22-13-14-8-6-5-7-9-14/h5-9,18H,10-13H2,1-4H3. The summed E-state index contributed by atoms with van der Waals surface area (Å²) in [5.41, 5.74) is 0.453. The van der Waals surface area contributed by atoms with Crippen molar-refractivity contribution < 1.29 is 19.1 Å². The minimum Gasteiger partial charge on any atom is -0.459 e. The number of hydrogen-bond acceptors (Lipinski definition) is 5. The minimum atomic E-state index is -0.489. The van der Waals surface area contributed by atoms with E-state index in [1.54, 1.807) is 7.05 Å². The van der Waals surface area contributed by atoms with Crippen LogP contribution in [0, 0.1) is 0 Å². The number of benzene rings is 1. The van der Waals surface area contributed by atoms with Gasteiger partial charge in [-0.1, -0.05) is 30.3 Å². The van der Waals surface area contributed by atoms with Crippen molar-refractivity contribution in [2.45, 2.75) is 33.0 Å². The minimum absolute atomic E-state index is 0.115. The Kier molecular flexibility index (Phi) is 7.54. The van der Waals surface area contributed by atoms with Crippen LogP contribution in [0.15, 0.2) is 30.3 Å². The maximum absolute atomic E-state index is 11.8. The van der Waals surface area contributed by atoms with Gasteiger partial charge < -0.3 is 19.7 Å². The van der Waals surface area contributed by atoms with Crippen LogP contribution in [0.2, 0.25) is 0 Å². The summed E-state index contributed by atoms with van der Waals surface area (Å²) in [6.07, 6.45) is -0.395. The first-order valence-corrected chi connectivity index (χ1v) is 7.62. The number of esters is 1. The van der Waals surface area contributed by atoms with Gasteiger partial charge >= 0.3 is 12.1 Å². The lowest BCUT2D eigenvalue weighted by atomic mass is 10.2. The molecular weight excluding hydrogens is 296 g/mol. The average Bonchev–Trinajstić information content (AvgIpc) is 2.48. The van der Waals surface area contributed by atoms with Crippen molar-refractivity contribution in [3.05, 3.63) is 35.9 Å². The molecular formula is C17H26N2O4. The summed E-state index contributed by atoms with van der Waals surface area (Å²) in [5, 5.41) is 2.94. The molecule has 6 nitrogen and oxygen atoms in total. The molecule has 23 heavy (non-hydrogen) atoms. The number of amides is 1. The summed E-state index contributed by atoms with van der Waals surface area (Å²) >= 11 is 0. The Morgan fingerprint density at radius 2 is 1.83 bits per heavy atom. The van der Waals surface area contributed by atoms with Crippen LogP contribution in [0.5, 0.6) is 0 Å². The van der Waals surface area contributed by atoms with Gasteiger partial charge in [-0.3, -0.25) is 4.79 Å². The van der Waals surface area contributed by atoms with Gasteiger partial charge in [0, 0.05) is 20.1 Å². The normalized spacial score (nSPS) is 11.0. The number of nitrogens with one attached hydrogen (secondary N) is 1. The van der Waals surface area contributed by atoms with E-state index < -0.39 is 11.7 Å². The molecule has 0 radical (unpaired) electrons. The molecule has 0 aliphatic heterocycles. The molecule has 0 saturated carbocycles. The van der Waals surface area contributed by atoms with Crippen LogP contribution in [0.1, 0.15) is 26.3 Å². The summed E-state index contributed by atoms with van der Waals surface area (Å²) in [6.45, 7) is 6.75. The lowest BCUT2D eigenvalue weighted by Gasteiger charge is -2.20. The van der Waals surface area contributed by atoms with E-state index in [2.05, 4.69) is 5.32 Å². The Bertz CT molecular complexity index is 497. The maximum Gasteiger partial charge on any atom is 0.409 e. The first-order valence-electron chi connectivity index (χ1n) is 7.62. The van der Waals surface area contributed by atoms with Gasteiger partial charge in [-0.25, -0.2) is 4.79 Å². The first kappa shape index (κ1) is 19.0. The van der Waals surface area contributed by atoms with Crippen LogP contribution < -0.4 is 5.32 Å². The summed E-state index contributed by atoms with van der Waals surface area (Å²) < 4.78 is 10.4. The largest absolute Gasteiger partial charge is 0.459 e. The summed E-state index contributed by atoms with van der Waals surface area (Å²) in [5.74, 6) is -0.313. The van der Waals surface area contributed by atoms with Crippen LogP contribution in [0.3, 0.4) is 0 Å². The molecule has 1 N–H and O–H groups in total. The van der Waals surface area contributed by atoms with Gasteiger partial charge in [0.25, 0.3) is 0 Å². The molecule has 0 spiro atoms. The first-order chi connectivity index (χ1) is 10.8. The molecule has 0 fully saturated rings. The number of carbonyl (C=O) groups is 2. The van der Waals surface area contributed by atoms with Crippen LogP contribution >= 0.6 is 0 Å². The van der Waals surface area contributed by atoms with E-state index in [4.69, 9.17) is 9.47 Å². The Morgan fingerprint density at radius 1 is 1.17 bits per heavy atom. The fourth-order valence-corrected chi connectivity index (χ4v) is 1.74. The number of ether oxygens (including phenoxy) is 2. The molecule has 0 heterocycles. The van der Waals surface area contributed by atoms with E-state index >= 15 is 0 Å². The summed E-state index contributed by atoms with van der Waals surface area (Å²) in [6, 6.07) is 9.50. The van der Waals surface area contributed by atoms with E-state index in [0.29, 0.717) is 13.1 Å². The Balaban J connectivity index is 2.17. The molecule has 1 amide bonds. The van der Waals surface area contributed by atoms with Crippen molar-refractivity contribution in [1.82, 2.24) is 10.2 Å². The van der Waals surface area contributed by atoms with E-state index in [1.807, 2.05) is 51.1 Å². The highest BCUT2D eigenvalue weighted by atomic mass is 16.6. The zero-order chi connectivity index (χ0) is 17.3. The molecule has 6 heteroatoms. The number of carbonyl (C=O) groups excluding carboxylic acids is 2. The number of nitrogens with zero attached hydrogens (tertiary/aromatic N) is 1. The topological polar surface area (TPSA) is 67.9 Å². The van der Waals surface area contributed by atoms with Gasteiger partial charge in [0.2, 0.25) is 0 Å². The fourth-order valence-electron chi connectivity index (χ4n) is 1.74. The van der Waals surface area contributed by atoms with Gasteiger partial charge in [-0.05, 0) is 26.3 Å². The van der Waals surface area contributed by atoms with Gasteiger partial charge in [0.15, 0.2) is 0 Å². The number of hydrogen-bond donors (Lipinski definition) is 1. The lowest BCUT2D eigenvalue weighted by Crippen LogP contribution is -2.37. The van der Waals surface area contributed by atoms with E-state index in [0.717, 1.165) is 5.56 Å².